The molecule has 0 aliphatic carbocycles. The molecule has 0 heterocycles. The van der Waals surface area contributed by atoms with Gasteiger partial charge in [-0.05, 0) is 47.2 Å². The molecule has 0 fully saturated rings. The van der Waals surface area contributed by atoms with Gasteiger partial charge in [-0.1, -0.05) is 66.2 Å². The topological polar surface area (TPSA) is 87.6 Å². The minimum atomic E-state index is -3.90. The van der Waals surface area contributed by atoms with Crippen molar-refractivity contribution in [1.82, 2.24) is 5.43 Å². The Morgan fingerprint density at radius 1 is 0.844 bits per heavy atom. The molecule has 6 nitrogen and oxygen atoms in total. The summed E-state index contributed by atoms with van der Waals surface area (Å²) in [5, 5.41) is 6.54. The van der Waals surface area contributed by atoms with Crippen molar-refractivity contribution in [3.8, 4) is 0 Å². The Labute approximate surface area is 190 Å². The second-order valence-electron chi connectivity index (χ2n) is 6.87. The summed E-state index contributed by atoms with van der Waals surface area (Å²) >= 11 is 5.83. The summed E-state index contributed by atoms with van der Waals surface area (Å²) in [5.74, 6) is -0.545. The van der Waals surface area contributed by atoms with Gasteiger partial charge in [0.15, 0.2) is 0 Å². The lowest BCUT2D eigenvalue weighted by molar-refractivity contribution is 0.0956. The number of hydrogen-bond acceptors (Lipinski definition) is 4. The second-order valence-corrected chi connectivity index (χ2v) is 8.99. The molecule has 1 amide bonds. The minimum Gasteiger partial charge on any atom is -0.279 e. The van der Waals surface area contributed by atoms with Crippen LogP contribution in [0.5, 0.6) is 0 Å². The van der Waals surface area contributed by atoms with Gasteiger partial charge in [-0.15, -0.1) is 0 Å². The molecule has 4 rings (SSSR count). The highest BCUT2D eigenvalue weighted by atomic mass is 35.5. The molecule has 2 N–H and O–H groups in total. The lowest BCUT2D eigenvalue weighted by Gasteiger charge is -2.12. The molecule has 0 radical (unpaired) electrons. The van der Waals surface area contributed by atoms with Gasteiger partial charge >= 0.3 is 0 Å². The number of para-hydroxylation sites is 1. The van der Waals surface area contributed by atoms with E-state index >= 15 is 0 Å². The van der Waals surface area contributed by atoms with Crippen molar-refractivity contribution in [3.63, 3.8) is 0 Å². The Morgan fingerprint density at radius 2 is 1.53 bits per heavy atom. The lowest BCUT2D eigenvalue weighted by atomic mass is 10.1. The molecule has 4 aromatic rings. The summed E-state index contributed by atoms with van der Waals surface area (Å²) in [5.41, 5.74) is 3.59. The number of carbonyl (C=O) groups is 1. The number of sulfonamides is 1. The molecule has 0 saturated heterocycles. The van der Waals surface area contributed by atoms with Crippen LogP contribution >= 0.6 is 11.6 Å². The van der Waals surface area contributed by atoms with Crippen LogP contribution in [0.25, 0.3) is 10.8 Å². The van der Waals surface area contributed by atoms with Crippen LogP contribution in [0.3, 0.4) is 0 Å². The average Bonchev–Trinajstić information content (AvgIpc) is 2.79. The van der Waals surface area contributed by atoms with Crippen molar-refractivity contribution in [2.75, 3.05) is 4.72 Å². The maximum atomic E-state index is 12.7. The highest BCUT2D eigenvalue weighted by Crippen LogP contribution is 2.21. The standard InChI is InChI=1S/C24H18ClN3O3S/c25-19-12-14-20(15-13-19)32(30,31)28-23-11-4-3-10-22(23)24(29)27-26-16-18-8-5-7-17-6-1-2-9-21(17)18/h1-16,28H,(H,27,29). The van der Waals surface area contributed by atoms with Crippen molar-refractivity contribution in [2.24, 2.45) is 5.10 Å². The fourth-order valence-electron chi connectivity index (χ4n) is 3.17. The zero-order valence-electron chi connectivity index (χ0n) is 16.7. The first kappa shape index (κ1) is 21.5. The van der Waals surface area contributed by atoms with Gasteiger partial charge in [-0.3, -0.25) is 9.52 Å². The van der Waals surface area contributed by atoms with E-state index in [-0.39, 0.29) is 16.1 Å². The molecular formula is C24H18ClN3O3S. The zero-order chi connectivity index (χ0) is 22.6. The number of anilines is 1. The van der Waals surface area contributed by atoms with Crippen LogP contribution in [0.4, 0.5) is 5.69 Å². The number of carbonyl (C=O) groups excluding carboxylic acids is 1. The zero-order valence-corrected chi connectivity index (χ0v) is 18.3. The van der Waals surface area contributed by atoms with E-state index in [4.69, 9.17) is 11.6 Å². The Morgan fingerprint density at radius 3 is 2.34 bits per heavy atom. The van der Waals surface area contributed by atoms with Gasteiger partial charge in [-0.25, -0.2) is 13.8 Å². The fourth-order valence-corrected chi connectivity index (χ4v) is 4.38. The Hall–Kier alpha value is -3.68. The summed E-state index contributed by atoms with van der Waals surface area (Å²) in [7, 11) is -3.90. The summed E-state index contributed by atoms with van der Waals surface area (Å²) in [6, 6.07) is 25.7. The van der Waals surface area contributed by atoms with Crippen molar-refractivity contribution in [1.29, 1.82) is 0 Å². The summed E-state index contributed by atoms with van der Waals surface area (Å²) in [6.07, 6.45) is 1.56. The number of rotatable bonds is 6. The predicted molar refractivity (Wildman–Crippen MR) is 128 cm³/mol. The normalized spacial score (nSPS) is 11.5. The van der Waals surface area contributed by atoms with Crippen molar-refractivity contribution in [3.05, 3.63) is 107 Å². The number of fused-ring (bicyclic) bond motifs is 1. The predicted octanol–water partition coefficient (Wildman–Crippen LogP) is 5.06. The van der Waals surface area contributed by atoms with Crippen LogP contribution in [0.2, 0.25) is 5.02 Å². The number of nitrogens with one attached hydrogen (secondary N) is 2. The van der Waals surface area contributed by atoms with Crippen LogP contribution in [0.15, 0.2) is 101 Å². The van der Waals surface area contributed by atoms with Crippen LogP contribution in [0, 0.1) is 0 Å². The third kappa shape index (κ3) is 4.80. The molecule has 0 bridgehead atoms. The van der Waals surface area contributed by atoms with E-state index in [2.05, 4.69) is 15.2 Å². The first-order chi connectivity index (χ1) is 15.4. The van der Waals surface area contributed by atoms with Crippen LogP contribution in [-0.4, -0.2) is 20.5 Å². The highest BCUT2D eigenvalue weighted by molar-refractivity contribution is 7.92. The van der Waals surface area contributed by atoms with Crippen LogP contribution in [0.1, 0.15) is 15.9 Å². The SMILES string of the molecule is O=C(NN=Cc1cccc2ccccc12)c1ccccc1NS(=O)(=O)c1ccc(Cl)cc1. The Bertz CT molecular complexity index is 1410. The number of amides is 1. The molecule has 4 aromatic carbocycles. The lowest BCUT2D eigenvalue weighted by Crippen LogP contribution is -2.21. The van der Waals surface area contributed by atoms with Gasteiger partial charge in [-0.2, -0.15) is 5.10 Å². The molecule has 0 saturated carbocycles. The third-order valence-corrected chi connectivity index (χ3v) is 6.37. The first-order valence-electron chi connectivity index (χ1n) is 9.63. The molecule has 32 heavy (non-hydrogen) atoms. The van der Waals surface area contributed by atoms with Crippen LogP contribution in [-0.2, 0) is 10.0 Å². The Balaban J connectivity index is 1.54. The van der Waals surface area contributed by atoms with E-state index < -0.39 is 15.9 Å². The van der Waals surface area contributed by atoms with E-state index in [1.165, 1.54) is 36.4 Å². The molecule has 0 aliphatic rings. The van der Waals surface area contributed by atoms with E-state index in [0.717, 1.165) is 16.3 Å². The number of halogens is 1. The van der Waals surface area contributed by atoms with Gasteiger partial charge in [0.1, 0.15) is 0 Å². The smallest absolute Gasteiger partial charge is 0.273 e. The number of nitrogens with zero attached hydrogens (tertiary/aromatic N) is 1. The largest absolute Gasteiger partial charge is 0.279 e. The van der Waals surface area contributed by atoms with Crippen molar-refractivity contribution in [2.45, 2.75) is 4.90 Å². The van der Waals surface area contributed by atoms with Gasteiger partial charge in [0.05, 0.1) is 22.4 Å². The van der Waals surface area contributed by atoms with Crippen molar-refractivity contribution >= 4 is 50.2 Å². The second kappa shape index (κ2) is 9.21. The summed E-state index contributed by atoms with van der Waals surface area (Å²) in [4.78, 5) is 12.7. The van der Waals surface area contributed by atoms with Gasteiger partial charge in [0, 0.05) is 10.6 Å². The molecular weight excluding hydrogens is 446 g/mol. The van der Waals surface area contributed by atoms with Crippen LogP contribution < -0.4 is 10.1 Å². The molecule has 0 aliphatic heterocycles. The molecule has 160 valence electrons. The van der Waals surface area contributed by atoms with E-state index in [1.807, 2.05) is 42.5 Å². The monoisotopic (exact) mass is 463 g/mol. The van der Waals surface area contributed by atoms with Gasteiger partial charge in [0.25, 0.3) is 15.9 Å². The van der Waals surface area contributed by atoms with Crippen molar-refractivity contribution < 1.29 is 13.2 Å². The fraction of sp³-hybridized carbons (Fsp3) is 0. The number of hydrazone groups is 1. The van der Waals surface area contributed by atoms with E-state index in [0.29, 0.717) is 5.02 Å². The minimum absolute atomic E-state index is 0.0334. The molecule has 0 atom stereocenters. The quantitative estimate of drug-likeness (QED) is 0.309. The molecule has 0 spiro atoms. The maximum absolute atomic E-state index is 12.7. The van der Waals surface area contributed by atoms with Gasteiger partial charge < -0.3 is 0 Å². The number of benzene rings is 4. The highest BCUT2D eigenvalue weighted by Gasteiger charge is 2.18. The molecule has 8 heteroatoms. The van der Waals surface area contributed by atoms with E-state index in [9.17, 15) is 13.2 Å². The molecule has 0 unspecified atom stereocenters. The third-order valence-electron chi connectivity index (χ3n) is 4.73. The summed E-state index contributed by atoms with van der Waals surface area (Å²) in [6.45, 7) is 0. The first-order valence-corrected chi connectivity index (χ1v) is 11.5. The molecule has 0 aromatic heterocycles. The van der Waals surface area contributed by atoms with E-state index in [1.54, 1.807) is 18.3 Å². The summed E-state index contributed by atoms with van der Waals surface area (Å²) < 4.78 is 27.8. The Kier molecular flexibility index (Phi) is 6.20. The van der Waals surface area contributed by atoms with Gasteiger partial charge in [0.2, 0.25) is 0 Å². The average molecular weight is 464 g/mol. The number of hydrogen-bond donors (Lipinski definition) is 2. The maximum Gasteiger partial charge on any atom is 0.273 e.